The Hall–Kier alpha value is -1.26. The summed E-state index contributed by atoms with van der Waals surface area (Å²) in [5.41, 5.74) is 0. The molecule has 2 rings (SSSR count). The molecule has 21 heavy (non-hydrogen) atoms. The van der Waals surface area contributed by atoms with Gasteiger partial charge in [-0.25, -0.2) is 4.79 Å². The van der Waals surface area contributed by atoms with Crippen LogP contribution in [0.5, 0.6) is 0 Å². The van der Waals surface area contributed by atoms with Gasteiger partial charge in [0.25, 0.3) is 0 Å². The maximum Gasteiger partial charge on any atom is 0.320 e. The zero-order chi connectivity index (χ0) is 15.2. The van der Waals surface area contributed by atoms with Gasteiger partial charge in [0.05, 0.1) is 0 Å². The van der Waals surface area contributed by atoms with Crippen molar-refractivity contribution in [3.63, 3.8) is 0 Å². The van der Waals surface area contributed by atoms with Crippen LogP contribution in [0.3, 0.4) is 0 Å². The van der Waals surface area contributed by atoms with Crippen LogP contribution in [0.4, 0.5) is 4.79 Å². The molecule has 1 aliphatic carbocycles. The number of carboxylic acid groups (broad SMARTS) is 1. The number of nitrogens with zero attached hydrogens (tertiary/aromatic N) is 2. The number of hydrogen-bond acceptors (Lipinski definition) is 2. The van der Waals surface area contributed by atoms with Crippen LogP contribution in [0.1, 0.15) is 58.3 Å². The Balaban J connectivity index is 1.94. The van der Waals surface area contributed by atoms with E-state index in [9.17, 15) is 9.59 Å². The summed E-state index contributed by atoms with van der Waals surface area (Å²) in [5, 5.41) is 8.94. The van der Waals surface area contributed by atoms with Crippen molar-refractivity contribution in [1.29, 1.82) is 0 Å². The molecule has 0 radical (unpaired) electrons. The fraction of sp³-hybridized carbons (Fsp3) is 0.875. The summed E-state index contributed by atoms with van der Waals surface area (Å²) < 4.78 is 0. The number of rotatable bonds is 4. The molecular formula is C16H28N2O3. The summed E-state index contributed by atoms with van der Waals surface area (Å²) in [4.78, 5) is 27.5. The molecule has 0 spiro atoms. The third kappa shape index (κ3) is 4.35. The van der Waals surface area contributed by atoms with Crippen LogP contribution >= 0.6 is 0 Å². The van der Waals surface area contributed by atoms with Gasteiger partial charge in [0.2, 0.25) is 0 Å². The molecule has 0 aromatic rings. The van der Waals surface area contributed by atoms with Crippen molar-refractivity contribution >= 4 is 12.0 Å². The van der Waals surface area contributed by atoms with Crippen molar-refractivity contribution in [1.82, 2.24) is 9.80 Å². The van der Waals surface area contributed by atoms with E-state index in [1.807, 2.05) is 16.7 Å². The van der Waals surface area contributed by atoms with E-state index < -0.39 is 5.97 Å². The highest BCUT2D eigenvalue weighted by molar-refractivity contribution is 5.75. The topological polar surface area (TPSA) is 60.9 Å². The van der Waals surface area contributed by atoms with Gasteiger partial charge >= 0.3 is 12.0 Å². The molecule has 1 saturated carbocycles. The lowest BCUT2D eigenvalue weighted by Crippen LogP contribution is -2.51. The van der Waals surface area contributed by atoms with Gasteiger partial charge in [0, 0.05) is 32.1 Å². The van der Waals surface area contributed by atoms with E-state index in [1.165, 1.54) is 19.3 Å². The Morgan fingerprint density at radius 1 is 1.14 bits per heavy atom. The van der Waals surface area contributed by atoms with E-state index in [2.05, 4.69) is 0 Å². The molecule has 2 aliphatic rings. The Bertz CT molecular complexity index is 367. The normalized spacial score (nSPS) is 23.9. The third-order valence-electron chi connectivity index (χ3n) is 4.85. The van der Waals surface area contributed by atoms with Crippen molar-refractivity contribution in [2.75, 3.05) is 19.6 Å². The van der Waals surface area contributed by atoms with E-state index in [-0.39, 0.29) is 18.4 Å². The fourth-order valence-corrected chi connectivity index (χ4v) is 3.78. The number of likely N-dealkylation sites (tertiary alicyclic amines) is 1. The SMILES string of the molecule is CCN(C(=O)N1CCCC(CC(=O)O)C1)C1CCCCC1. The second-order valence-corrected chi connectivity index (χ2v) is 6.41. The Kier molecular flexibility index (Phi) is 5.88. The van der Waals surface area contributed by atoms with Crippen LogP contribution in [-0.2, 0) is 4.79 Å². The van der Waals surface area contributed by atoms with Gasteiger partial charge in [-0.2, -0.15) is 0 Å². The summed E-state index contributed by atoms with van der Waals surface area (Å²) in [7, 11) is 0. The van der Waals surface area contributed by atoms with Gasteiger partial charge in [0.15, 0.2) is 0 Å². The minimum atomic E-state index is -0.756. The van der Waals surface area contributed by atoms with E-state index >= 15 is 0 Å². The molecule has 1 N–H and O–H groups in total. The molecule has 1 aliphatic heterocycles. The molecule has 1 atom stereocenters. The highest BCUT2D eigenvalue weighted by Crippen LogP contribution is 2.26. The minimum Gasteiger partial charge on any atom is -0.481 e. The molecule has 5 nitrogen and oxygen atoms in total. The number of carbonyl (C=O) groups excluding carboxylic acids is 1. The first-order valence-corrected chi connectivity index (χ1v) is 8.39. The van der Waals surface area contributed by atoms with Crippen LogP contribution < -0.4 is 0 Å². The highest BCUT2D eigenvalue weighted by atomic mass is 16.4. The largest absolute Gasteiger partial charge is 0.481 e. The zero-order valence-electron chi connectivity index (χ0n) is 13.1. The number of urea groups is 1. The third-order valence-corrected chi connectivity index (χ3v) is 4.85. The number of carboxylic acids is 1. The van der Waals surface area contributed by atoms with Gasteiger partial charge < -0.3 is 14.9 Å². The van der Waals surface area contributed by atoms with Crippen LogP contribution in [0, 0.1) is 5.92 Å². The second kappa shape index (κ2) is 7.66. The van der Waals surface area contributed by atoms with Crippen molar-refractivity contribution in [2.24, 2.45) is 5.92 Å². The first-order chi connectivity index (χ1) is 10.1. The Morgan fingerprint density at radius 2 is 1.86 bits per heavy atom. The van der Waals surface area contributed by atoms with Gasteiger partial charge in [-0.15, -0.1) is 0 Å². The van der Waals surface area contributed by atoms with E-state index in [0.29, 0.717) is 12.6 Å². The number of hydrogen-bond donors (Lipinski definition) is 1. The van der Waals surface area contributed by atoms with Gasteiger partial charge in [-0.3, -0.25) is 4.79 Å². The number of piperidine rings is 1. The zero-order valence-corrected chi connectivity index (χ0v) is 13.1. The predicted octanol–water partition coefficient (Wildman–Crippen LogP) is 2.95. The summed E-state index contributed by atoms with van der Waals surface area (Å²) in [6.07, 6.45) is 7.98. The second-order valence-electron chi connectivity index (χ2n) is 6.41. The summed E-state index contributed by atoms with van der Waals surface area (Å²) in [6.45, 7) is 4.18. The lowest BCUT2D eigenvalue weighted by molar-refractivity contribution is -0.138. The van der Waals surface area contributed by atoms with Crippen LogP contribution in [-0.4, -0.2) is 52.6 Å². The van der Waals surface area contributed by atoms with E-state index in [4.69, 9.17) is 5.11 Å². The maximum atomic E-state index is 12.8. The molecule has 5 heteroatoms. The fourth-order valence-electron chi connectivity index (χ4n) is 3.78. The van der Waals surface area contributed by atoms with E-state index in [0.717, 1.165) is 38.8 Å². The molecule has 1 heterocycles. The summed E-state index contributed by atoms with van der Waals surface area (Å²) in [5.74, 6) is -0.640. The van der Waals surface area contributed by atoms with Crippen LogP contribution in [0.25, 0.3) is 0 Å². The Labute approximate surface area is 127 Å². The monoisotopic (exact) mass is 296 g/mol. The predicted molar refractivity (Wildman–Crippen MR) is 81.2 cm³/mol. The quantitative estimate of drug-likeness (QED) is 0.867. The lowest BCUT2D eigenvalue weighted by atomic mass is 9.93. The molecule has 2 fully saturated rings. The molecule has 1 saturated heterocycles. The molecule has 0 bridgehead atoms. The van der Waals surface area contributed by atoms with E-state index in [1.54, 1.807) is 0 Å². The van der Waals surface area contributed by atoms with Crippen molar-refractivity contribution in [3.8, 4) is 0 Å². The smallest absolute Gasteiger partial charge is 0.320 e. The molecule has 1 unspecified atom stereocenters. The number of carbonyl (C=O) groups is 2. The average Bonchev–Trinajstić information content (AvgIpc) is 2.48. The van der Waals surface area contributed by atoms with Crippen molar-refractivity contribution < 1.29 is 14.7 Å². The van der Waals surface area contributed by atoms with Crippen LogP contribution in [0.15, 0.2) is 0 Å². The van der Waals surface area contributed by atoms with Gasteiger partial charge in [-0.05, 0) is 38.5 Å². The van der Waals surface area contributed by atoms with Crippen molar-refractivity contribution in [3.05, 3.63) is 0 Å². The lowest BCUT2D eigenvalue weighted by Gasteiger charge is -2.40. The summed E-state index contributed by atoms with van der Waals surface area (Å²) in [6, 6.07) is 0.510. The summed E-state index contributed by atoms with van der Waals surface area (Å²) >= 11 is 0. The number of amides is 2. The molecule has 0 aromatic carbocycles. The van der Waals surface area contributed by atoms with Crippen molar-refractivity contribution in [2.45, 2.75) is 64.3 Å². The molecular weight excluding hydrogens is 268 g/mol. The standard InChI is InChI=1S/C16H28N2O3/c1-2-18(14-8-4-3-5-9-14)16(21)17-10-6-7-13(12-17)11-15(19)20/h13-14H,2-12H2,1H3,(H,19,20). The maximum absolute atomic E-state index is 12.8. The first-order valence-electron chi connectivity index (χ1n) is 8.39. The number of aliphatic carboxylic acids is 1. The van der Waals surface area contributed by atoms with Gasteiger partial charge in [0.1, 0.15) is 0 Å². The van der Waals surface area contributed by atoms with Crippen LogP contribution in [0.2, 0.25) is 0 Å². The van der Waals surface area contributed by atoms with Gasteiger partial charge in [-0.1, -0.05) is 19.3 Å². The minimum absolute atomic E-state index is 0.116. The molecule has 0 aromatic heterocycles. The first kappa shape index (κ1) is 16.1. The average molecular weight is 296 g/mol. The molecule has 2 amide bonds. The molecule has 120 valence electrons. The highest BCUT2D eigenvalue weighted by Gasteiger charge is 2.31. The Morgan fingerprint density at radius 3 is 2.48 bits per heavy atom.